The number of aromatic nitrogens is 4. The summed E-state index contributed by atoms with van der Waals surface area (Å²) in [4.78, 5) is 114. The van der Waals surface area contributed by atoms with Crippen molar-refractivity contribution in [1.82, 2.24) is 56.8 Å². The highest BCUT2D eigenvalue weighted by Crippen LogP contribution is 2.37. The van der Waals surface area contributed by atoms with Gasteiger partial charge in [-0.05, 0) is 128 Å². The lowest BCUT2D eigenvalue weighted by atomic mass is 9.91. The van der Waals surface area contributed by atoms with Crippen LogP contribution in [-0.2, 0) is 52.6 Å². The Morgan fingerprint density at radius 1 is 0.576 bits per heavy atom. The predicted octanol–water partition coefficient (Wildman–Crippen LogP) is 10.7. The van der Waals surface area contributed by atoms with E-state index in [0.29, 0.717) is 91.3 Å². The lowest BCUT2D eigenvalue weighted by Gasteiger charge is -2.30. The van der Waals surface area contributed by atoms with Gasteiger partial charge in [-0.25, -0.2) is 28.6 Å². The van der Waals surface area contributed by atoms with Crippen LogP contribution in [0.2, 0.25) is 0 Å². The standard InChI is InChI=1S/C50H59F3IN7O9S.C33H46N6O7S/c1-29(2)44(42-23-30(3)59-70-42)50(66)61-27-35(62)25-41(61)49(65)58-40(32-9-11-33(12-10-32)47-31(4)56-28-71-47)26-43(63)55-17-20-68-22-21-67-18-7-5-6-8-19-69-60-48(64)36-14-15-37(51)45(53)46(36)57-39-16-13-34(54)24-38(39)52;1-20(2)30(28-15-21(3)38-46-28)33(43)39-18-25(40)16-27(39)32(42)37-26(17-29(41)35-10-12-45-14-13-44-11-9-34)23-5-7-24(8-6-23)31-22(4)36-19-47-31/h9-16,23-24,28-29,35,40-41,44,57,62H,5-8,17-22,25-27H2,1-4H3,(H,55,63)(H,58,65)(H,60,64);5-8,15,19-20,25-27,30,40H,9-14,16-18,34H2,1-4H3,(H,35,41)(H,37,42)/t35-,40+,41+,44-;25-,26+,27+,30-/m11/s1. The van der Waals surface area contributed by atoms with E-state index in [9.17, 15) is 56.9 Å². The molecule has 10 N–H and O–H groups in total. The molecule has 35 heteroatoms. The molecule has 7 amide bonds. The van der Waals surface area contributed by atoms with Crippen LogP contribution in [0.5, 0.6) is 0 Å². The molecule has 4 aromatic heterocycles. The van der Waals surface area contributed by atoms with E-state index in [4.69, 9.17) is 38.6 Å². The number of hydrogen-bond donors (Lipinski definition) is 9. The zero-order chi connectivity index (χ0) is 85.0. The number of amides is 7. The molecule has 0 aliphatic carbocycles. The summed E-state index contributed by atoms with van der Waals surface area (Å²) >= 11 is 4.97. The average Bonchev–Trinajstić information content (AvgIpc) is 1.01. The van der Waals surface area contributed by atoms with Crippen molar-refractivity contribution in [2.24, 2.45) is 17.6 Å². The normalized spacial score (nSPS) is 16.3. The van der Waals surface area contributed by atoms with Gasteiger partial charge in [0.15, 0.2) is 11.6 Å². The highest BCUT2D eigenvalue weighted by atomic mass is 127. The fourth-order valence-corrected chi connectivity index (χ4v) is 15.8. The minimum atomic E-state index is -1.33. The van der Waals surface area contributed by atoms with E-state index >= 15 is 0 Å². The minimum absolute atomic E-state index is 0.0125. The number of hydrogen-bond acceptors (Lipinski definition) is 24. The van der Waals surface area contributed by atoms with Gasteiger partial charge in [0, 0.05) is 67.9 Å². The number of carbonyl (C=O) groups excluding carboxylic acids is 7. The first-order valence-electron chi connectivity index (χ1n) is 39.3. The number of β-amino-alcohol motifs (C(OH)–C–C–N with tert-alkyl or cyclic N) is 2. The van der Waals surface area contributed by atoms with E-state index in [1.165, 1.54) is 44.6 Å². The third kappa shape index (κ3) is 26.9. The summed E-state index contributed by atoms with van der Waals surface area (Å²) in [5, 5.41) is 43.4. The highest BCUT2D eigenvalue weighted by molar-refractivity contribution is 14.1. The number of carbonyl (C=O) groups is 7. The van der Waals surface area contributed by atoms with Crippen LogP contribution in [0.3, 0.4) is 0 Å². The molecule has 29 nitrogen and oxygen atoms in total. The zero-order valence-electron chi connectivity index (χ0n) is 67.3. The van der Waals surface area contributed by atoms with Crippen LogP contribution in [0.4, 0.5) is 24.5 Å². The molecule has 4 aromatic carbocycles. The summed E-state index contributed by atoms with van der Waals surface area (Å²) < 4.78 is 76.8. The lowest BCUT2D eigenvalue weighted by Crippen LogP contribution is -2.49. The van der Waals surface area contributed by atoms with Gasteiger partial charge in [0.05, 0.1) is 150 Å². The molecule has 6 heterocycles. The topological polar surface area (TPSA) is 389 Å². The van der Waals surface area contributed by atoms with Crippen molar-refractivity contribution in [3.63, 3.8) is 0 Å². The molecule has 0 spiro atoms. The number of ether oxygens (including phenoxy) is 4. The van der Waals surface area contributed by atoms with Crippen molar-refractivity contribution >= 4 is 98.0 Å². The second kappa shape index (κ2) is 46.4. The molecule has 638 valence electrons. The monoisotopic (exact) mass is 1790 g/mol. The summed E-state index contributed by atoms with van der Waals surface area (Å²) in [5.74, 6) is -7.17. The van der Waals surface area contributed by atoms with Gasteiger partial charge in [-0.1, -0.05) is 99.4 Å². The molecule has 2 saturated heterocycles. The van der Waals surface area contributed by atoms with E-state index in [-0.39, 0.29) is 112 Å². The molecule has 8 atom stereocenters. The number of unbranched alkanes of at least 4 members (excludes halogenated alkanes) is 3. The van der Waals surface area contributed by atoms with Crippen LogP contribution in [0.1, 0.15) is 159 Å². The highest BCUT2D eigenvalue weighted by Gasteiger charge is 2.46. The first-order chi connectivity index (χ1) is 56.7. The lowest BCUT2D eigenvalue weighted by molar-refractivity contribution is -0.141. The Kier molecular flexibility index (Phi) is 36.5. The van der Waals surface area contributed by atoms with Crippen LogP contribution in [0, 0.1) is 60.6 Å². The second-order valence-electron chi connectivity index (χ2n) is 29.4. The molecule has 10 rings (SSSR count). The molecule has 2 aliphatic heterocycles. The molecule has 0 unspecified atom stereocenters. The van der Waals surface area contributed by atoms with Crippen LogP contribution < -0.4 is 37.8 Å². The quantitative estimate of drug-likeness (QED) is 0.00974. The van der Waals surface area contributed by atoms with Crippen LogP contribution in [0.25, 0.3) is 20.9 Å². The maximum atomic E-state index is 14.7. The Balaban J connectivity index is 0.000000292. The van der Waals surface area contributed by atoms with Gasteiger partial charge in [0.2, 0.25) is 35.4 Å². The Morgan fingerprint density at radius 3 is 1.46 bits per heavy atom. The molecule has 2 fully saturated rings. The molecule has 118 heavy (non-hydrogen) atoms. The molecular formula is C83H105F3IN13O16S2. The van der Waals surface area contributed by atoms with Gasteiger partial charge < -0.3 is 80.3 Å². The molecule has 0 saturated carbocycles. The van der Waals surface area contributed by atoms with Gasteiger partial charge in [-0.2, -0.15) is 0 Å². The third-order valence-corrected chi connectivity index (χ3v) is 22.3. The minimum Gasteiger partial charge on any atom is -0.391 e. The number of aliphatic hydroxyl groups excluding tert-OH is 2. The Labute approximate surface area is 705 Å². The van der Waals surface area contributed by atoms with Gasteiger partial charge in [0.25, 0.3) is 5.91 Å². The van der Waals surface area contributed by atoms with Gasteiger partial charge >= 0.3 is 0 Å². The van der Waals surface area contributed by atoms with Crippen molar-refractivity contribution in [2.45, 2.75) is 155 Å². The van der Waals surface area contributed by atoms with Crippen molar-refractivity contribution in [2.75, 3.05) is 97.5 Å². The van der Waals surface area contributed by atoms with E-state index in [1.807, 2.05) is 113 Å². The largest absolute Gasteiger partial charge is 0.391 e. The molecule has 0 radical (unpaired) electrons. The van der Waals surface area contributed by atoms with E-state index in [2.05, 4.69) is 52.3 Å². The summed E-state index contributed by atoms with van der Waals surface area (Å²) in [5.41, 5.74) is 16.7. The first-order valence-corrected chi connectivity index (χ1v) is 42.1. The number of aryl methyl sites for hydroxylation is 4. The number of hydroxylamine groups is 1. The maximum absolute atomic E-state index is 14.7. The summed E-state index contributed by atoms with van der Waals surface area (Å²) in [6.45, 7) is 19.0. The SMILES string of the molecule is Cc1cc([C@H](C(=O)N2C[C@H](O)C[C@H]2C(=O)N[C@@H](CC(=O)NCCOCCOCCCCCCONC(=O)c2ccc(F)c(F)c2Nc2ccc(I)cc2F)c2ccc(-c3scnc3C)cc2)C(C)C)on1.Cc1cc([C@H](C(=O)N2C[C@H](O)C[C@H]2C(=O)N[C@@H](CC(=O)NCCOCCOCCN)c2ccc(-c3scnc3C)cc2)C(C)C)on1. The fraction of sp³-hybridized carbons (Fsp3) is 0.482. The van der Waals surface area contributed by atoms with E-state index < -0.39 is 89.1 Å². The Bertz CT molecular complexity index is 4590. The number of benzene rings is 4. The predicted molar refractivity (Wildman–Crippen MR) is 444 cm³/mol. The number of likely N-dealkylation sites (tertiary alicyclic amines) is 2. The number of nitrogens with one attached hydrogen (secondary N) is 6. The number of rotatable bonds is 43. The molecule has 2 aliphatic rings. The average molecular weight is 1790 g/mol. The molecule has 0 bridgehead atoms. The second-order valence-corrected chi connectivity index (χ2v) is 32.4. The number of anilines is 2. The van der Waals surface area contributed by atoms with Crippen LogP contribution >= 0.6 is 45.3 Å². The number of nitrogens with zero attached hydrogens (tertiary/aromatic N) is 6. The first kappa shape index (κ1) is 92.7. The van der Waals surface area contributed by atoms with E-state index in [0.717, 1.165) is 69.2 Å². The van der Waals surface area contributed by atoms with Gasteiger partial charge in [-0.15, -0.1) is 22.7 Å². The fourth-order valence-electron chi connectivity index (χ4n) is 13.7. The molecule has 8 aromatic rings. The Morgan fingerprint density at radius 2 is 1.03 bits per heavy atom. The third-order valence-electron chi connectivity index (χ3n) is 19.7. The summed E-state index contributed by atoms with van der Waals surface area (Å²) in [6.07, 6.45) is 1.15. The van der Waals surface area contributed by atoms with Crippen molar-refractivity contribution in [3.05, 3.63) is 174 Å². The number of halogens is 4. The van der Waals surface area contributed by atoms with Gasteiger partial charge in [0.1, 0.15) is 41.3 Å². The van der Waals surface area contributed by atoms with Crippen molar-refractivity contribution in [1.29, 1.82) is 0 Å². The van der Waals surface area contributed by atoms with Crippen LogP contribution in [0.15, 0.2) is 111 Å². The smallest absolute Gasteiger partial charge is 0.277 e. The number of aliphatic hydroxyl groups is 2. The summed E-state index contributed by atoms with van der Waals surface area (Å²) in [7, 11) is 0. The van der Waals surface area contributed by atoms with Crippen molar-refractivity contribution in [3.8, 4) is 20.9 Å². The maximum Gasteiger partial charge on any atom is 0.277 e. The van der Waals surface area contributed by atoms with Crippen LogP contribution in [-0.4, -0.2) is 198 Å². The van der Waals surface area contributed by atoms with E-state index in [1.54, 1.807) is 43.1 Å². The summed E-state index contributed by atoms with van der Waals surface area (Å²) in [6, 6.07) is 21.3. The van der Waals surface area contributed by atoms with Gasteiger partial charge in [-0.3, -0.25) is 38.4 Å². The Hall–Kier alpha value is -9.15. The zero-order valence-corrected chi connectivity index (χ0v) is 71.1. The molecular weight excluding hydrogens is 1680 g/mol. The number of thiazole rings is 2. The van der Waals surface area contributed by atoms with Crippen molar-refractivity contribution < 1.29 is 89.8 Å². The number of nitrogens with two attached hydrogens (primary N) is 1.